The van der Waals surface area contributed by atoms with E-state index in [1.165, 1.54) is 0 Å². The van der Waals surface area contributed by atoms with Gasteiger partial charge in [-0.3, -0.25) is 0 Å². The van der Waals surface area contributed by atoms with Crippen molar-refractivity contribution < 1.29 is 0 Å². The van der Waals surface area contributed by atoms with Gasteiger partial charge in [-0.05, 0) is 11.6 Å². The Labute approximate surface area is 97.9 Å². The Balaban J connectivity index is 3.02. The van der Waals surface area contributed by atoms with E-state index in [0.29, 0.717) is 5.02 Å². The van der Waals surface area contributed by atoms with Crippen molar-refractivity contribution in [3.05, 3.63) is 34.9 Å². The van der Waals surface area contributed by atoms with E-state index in [-0.39, 0.29) is 5.54 Å². The number of benzene rings is 1. The molecule has 1 rings (SSSR count). The van der Waals surface area contributed by atoms with Gasteiger partial charge < -0.3 is 0 Å². The molecule has 72 valence electrons. The molecular weight excluding hydrogens is 266 g/mol. The van der Waals surface area contributed by atoms with Crippen LogP contribution in [0.25, 0.3) is 0 Å². The topological polar surface area (TPSA) is 0 Å². The molecule has 0 aliphatic heterocycles. The third-order valence-electron chi connectivity index (χ3n) is 1.86. The maximum atomic E-state index is 5.97. The van der Waals surface area contributed by atoms with Crippen molar-refractivity contribution in [1.82, 2.24) is 0 Å². The molecule has 1 atom stereocenters. The van der Waals surface area contributed by atoms with Gasteiger partial charge in [-0.15, -0.1) is 33.2 Å². The lowest BCUT2D eigenvalue weighted by Crippen LogP contribution is -2.20. The highest BCUT2D eigenvalue weighted by Crippen LogP contribution is 2.38. The van der Waals surface area contributed by atoms with Gasteiger partial charge in [-0.2, -0.15) is 0 Å². The molecule has 0 saturated heterocycles. The van der Waals surface area contributed by atoms with Crippen LogP contribution in [0.2, 0.25) is 5.02 Å². The van der Waals surface area contributed by atoms with Crippen molar-refractivity contribution in [3.8, 4) is 0 Å². The fourth-order valence-electron chi connectivity index (χ4n) is 1.00. The highest BCUT2D eigenvalue weighted by molar-refractivity contribution is 7.65. The molecule has 0 aromatic heterocycles. The first-order valence-electron chi connectivity index (χ1n) is 3.74. The van der Waals surface area contributed by atoms with Crippen LogP contribution in [0.5, 0.6) is 0 Å². The van der Waals surface area contributed by atoms with Gasteiger partial charge in [-0.1, -0.05) is 36.7 Å². The van der Waals surface area contributed by atoms with Gasteiger partial charge in [0.2, 0.25) is 0 Å². The fraction of sp³-hybridized carbons (Fsp3) is 0.250. The third-order valence-corrected chi connectivity index (χ3v) is 6.45. The molecule has 0 saturated carbocycles. The van der Waals surface area contributed by atoms with E-state index in [4.69, 9.17) is 44.8 Å². The van der Waals surface area contributed by atoms with Crippen LogP contribution >= 0.6 is 44.8 Å². The second kappa shape index (κ2) is 4.41. The number of hydrogen-bond acceptors (Lipinski definition) is 0. The van der Waals surface area contributed by atoms with Crippen LogP contribution in [0.4, 0.5) is 0 Å². The number of halogens is 4. The van der Waals surface area contributed by atoms with E-state index in [0.717, 1.165) is 5.56 Å². The molecule has 1 aromatic carbocycles. The lowest BCUT2D eigenvalue weighted by molar-refractivity contribution is 1.07. The molecule has 0 fully saturated rings. The Hall–Kier alpha value is 0.597. The summed E-state index contributed by atoms with van der Waals surface area (Å²) in [5.41, 5.74) is 0.835. The van der Waals surface area contributed by atoms with E-state index >= 15 is 0 Å². The van der Waals surface area contributed by atoms with E-state index in [2.05, 4.69) is 0 Å². The lowest BCUT2D eigenvalue weighted by atomic mass is 10.2. The summed E-state index contributed by atoms with van der Waals surface area (Å²) in [6, 6.07) is 4.74. The van der Waals surface area contributed by atoms with Crippen molar-refractivity contribution in [2.75, 3.05) is 0 Å². The molecule has 0 nitrogen and oxygen atoms in total. The van der Waals surface area contributed by atoms with Gasteiger partial charge >= 0.3 is 6.00 Å². The molecule has 0 aliphatic carbocycles. The molecule has 1 aromatic rings. The predicted octanol–water partition coefficient (Wildman–Crippen LogP) is 4.64. The molecular formula is C8H8Cl4Si. The minimum atomic E-state index is -2.70. The quantitative estimate of drug-likeness (QED) is 0.544. The Morgan fingerprint density at radius 2 is 1.69 bits per heavy atom. The van der Waals surface area contributed by atoms with E-state index < -0.39 is 6.00 Å². The summed E-state index contributed by atoms with van der Waals surface area (Å²) >= 11 is 23.7. The zero-order valence-electron chi connectivity index (χ0n) is 6.90. The molecule has 0 radical (unpaired) electrons. The average Bonchev–Trinajstić information content (AvgIpc) is 2.02. The van der Waals surface area contributed by atoms with E-state index in [9.17, 15) is 0 Å². The Kier molecular flexibility index (Phi) is 3.96. The Morgan fingerprint density at radius 1 is 1.15 bits per heavy atom. The number of hydrogen-bond donors (Lipinski definition) is 0. The van der Waals surface area contributed by atoms with Crippen LogP contribution in [-0.4, -0.2) is 6.00 Å². The Morgan fingerprint density at radius 3 is 2.15 bits per heavy atom. The number of rotatable bonds is 2. The van der Waals surface area contributed by atoms with Gasteiger partial charge in [0.25, 0.3) is 0 Å². The van der Waals surface area contributed by atoms with Gasteiger partial charge in [0.05, 0.1) is 0 Å². The second-order valence-corrected chi connectivity index (χ2v) is 12.2. The molecule has 0 spiro atoms. The average molecular weight is 274 g/mol. The molecule has 0 aliphatic rings. The SMILES string of the molecule is C[C@H](c1ccccc1Cl)[Si](Cl)(Cl)Cl. The van der Waals surface area contributed by atoms with Gasteiger partial charge in [0.1, 0.15) is 0 Å². The first kappa shape index (κ1) is 11.7. The molecule has 0 bridgehead atoms. The van der Waals surface area contributed by atoms with Crippen molar-refractivity contribution in [1.29, 1.82) is 0 Å². The summed E-state index contributed by atoms with van der Waals surface area (Å²) < 4.78 is 0. The van der Waals surface area contributed by atoms with Gasteiger partial charge in [-0.25, -0.2) is 0 Å². The normalized spacial score (nSPS) is 14.2. The smallest absolute Gasteiger partial charge is 0.125 e. The van der Waals surface area contributed by atoms with Crippen molar-refractivity contribution in [2.45, 2.75) is 12.5 Å². The molecule has 0 unspecified atom stereocenters. The summed E-state index contributed by atoms with van der Waals surface area (Å²) in [6.07, 6.45) is 0. The first-order chi connectivity index (χ1) is 5.93. The zero-order valence-corrected chi connectivity index (χ0v) is 10.9. The van der Waals surface area contributed by atoms with Gasteiger partial charge in [0, 0.05) is 10.6 Å². The summed E-state index contributed by atoms with van der Waals surface area (Å²) in [7, 11) is 0. The summed E-state index contributed by atoms with van der Waals surface area (Å²) in [6.45, 7) is 1.89. The van der Waals surface area contributed by atoms with Gasteiger partial charge in [0.15, 0.2) is 0 Å². The van der Waals surface area contributed by atoms with Crippen LogP contribution in [0.15, 0.2) is 24.3 Å². The van der Waals surface area contributed by atoms with Crippen LogP contribution in [0.3, 0.4) is 0 Å². The minimum Gasteiger partial charge on any atom is -0.125 e. The molecule has 0 N–H and O–H groups in total. The summed E-state index contributed by atoms with van der Waals surface area (Å²) in [4.78, 5) is 0. The predicted molar refractivity (Wildman–Crippen MR) is 63.2 cm³/mol. The monoisotopic (exact) mass is 272 g/mol. The molecule has 13 heavy (non-hydrogen) atoms. The molecule has 0 heterocycles. The maximum Gasteiger partial charge on any atom is 0.348 e. The zero-order chi connectivity index (χ0) is 10.1. The van der Waals surface area contributed by atoms with Crippen molar-refractivity contribution in [3.63, 3.8) is 0 Å². The van der Waals surface area contributed by atoms with Crippen LogP contribution in [-0.2, 0) is 0 Å². The molecule has 0 amide bonds. The highest BCUT2D eigenvalue weighted by Gasteiger charge is 2.35. The third kappa shape index (κ3) is 3.03. The lowest BCUT2D eigenvalue weighted by Gasteiger charge is -2.18. The minimum absolute atomic E-state index is 0.0776. The van der Waals surface area contributed by atoms with E-state index in [1.54, 1.807) is 6.07 Å². The van der Waals surface area contributed by atoms with E-state index in [1.807, 2.05) is 25.1 Å². The summed E-state index contributed by atoms with van der Waals surface area (Å²) in [5.74, 6) is 0. The van der Waals surface area contributed by atoms with Crippen molar-refractivity contribution >= 4 is 50.8 Å². The van der Waals surface area contributed by atoms with Crippen LogP contribution in [0.1, 0.15) is 18.0 Å². The molecule has 5 heteroatoms. The summed E-state index contributed by atoms with van der Waals surface area (Å²) in [5, 5.41) is 0.661. The van der Waals surface area contributed by atoms with Crippen LogP contribution in [0, 0.1) is 0 Å². The first-order valence-corrected chi connectivity index (χ1v) is 9.23. The Bertz CT molecular complexity index is 294. The maximum absolute atomic E-state index is 5.97. The largest absolute Gasteiger partial charge is 0.348 e. The second-order valence-electron chi connectivity index (χ2n) is 2.78. The fourth-order valence-corrected chi connectivity index (χ4v) is 3.06. The standard InChI is InChI=1S/C8H8Cl4Si/c1-6(13(10,11)12)7-4-2-3-5-8(7)9/h2-6H,1H3/t6-/m1/s1. The van der Waals surface area contributed by atoms with Crippen molar-refractivity contribution in [2.24, 2.45) is 0 Å². The highest BCUT2D eigenvalue weighted by atomic mass is 35.8. The van der Waals surface area contributed by atoms with Crippen LogP contribution < -0.4 is 0 Å².